The fourth-order valence-electron chi connectivity index (χ4n) is 2.26. The number of carbonyl (C=O) groups is 1. The van der Waals surface area contributed by atoms with E-state index in [0.29, 0.717) is 0 Å². The summed E-state index contributed by atoms with van der Waals surface area (Å²) in [6.07, 6.45) is 0. The van der Waals surface area contributed by atoms with Crippen LogP contribution in [0.3, 0.4) is 0 Å². The molecule has 2 aromatic carbocycles. The van der Waals surface area contributed by atoms with Crippen LogP contribution in [0.25, 0.3) is 0 Å². The van der Waals surface area contributed by atoms with Gasteiger partial charge in [0.25, 0.3) is 5.91 Å². The van der Waals surface area contributed by atoms with Crippen molar-refractivity contribution >= 4 is 5.91 Å². The average molecular weight is 297 g/mol. The van der Waals surface area contributed by atoms with Crippen LogP contribution in [0.15, 0.2) is 42.5 Å². The van der Waals surface area contributed by atoms with Gasteiger partial charge in [0.2, 0.25) is 0 Å². The highest BCUT2D eigenvalue weighted by molar-refractivity contribution is 5.78. The maximum absolute atomic E-state index is 12.0. The molecule has 2 rings (SSSR count). The summed E-state index contributed by atoms with van der Waals surface area (Å²) in [5, 5.41) is 2.97. The highest BCUT2D eigenvalue weighted by atomic mass is 16.5. The van der Waals surface area contributed by atoms with Crippen LogP contribution >= 0.6 is 0 Å². The van der Waals surface area contributed by atoms with E-state index in [-0.39, 0.29) is 18.6 Å². The highest BCUT2D eigenvalue weighted by Gasteiger charge is 2.11. The van der Waals surface area contributed by atoms with Gasteiger partial charge in [-0.05, 0) is 56.0 Å². The Labute approximate surface area is 132 Å². The molecule has 2 aromatic rings. The normalized spacial score (nSPS) is 11.8. The molecule has 1 N–H and O–H groups in total. The summed E-state index contributed by atoms with van der Waals surface area (Å²) in [5.41, 5.74) is 4.62. The lowest BCUT2D eigenvalue weighted by atomic mass is 10.0. The van der Waals surface area contributed by atoms with Gasteiger partial charge in [0.15, 0.2) is 6.61 Å². The number of hydrogen-bond donors (Lipinski definition) is 1. The standard InChI is InChI=1S/C19H23NO2/c1-13-9-10-17(11-15(13)3)16(4)20-19(21)12-22-18-8-6-5-7-14(18)2/h5-11,16H,12H2,1-4H3,(H,20,21). The summed E-state index contributed by atoms with van der Waals surface area (Å²) in [6.45, 7) is 8.13. The molecule has 0 aliphatic heterocycles. The first-order chi connectivity index (χ1) is 10.5. The smallest absolute Gasteiger partial charge is 0.258 e. The van der Waals surface area contributed by atoms with Gasteiger partial charge in [0.05, 0.1) is 6.04 Å². The molecule has 0 heterocycles. The van der Waals surface area contributed by atoms with Crippen molar-refractivity contribution in [2.24, 2.45) is 0 Å². The Morgan fingerprint density at radius 1 is 1.05 bits per heavy atom. The van der Waals surface area contributed by atoms with Crippen molar-refractivity contribution in [3.63, 3.8) is 0 Å². The van der Waals surface area contributed by atoms with Gasteiger partial charge in [-0.3, -0.25) is 4.79 Å². The van der Waals surface area contributed by atoms with Crippen LogP contribution in [0.4, 0.5) is 0 Å². The van der Waals surface area contributed by atoms with Crippen molar-refractivity contribution in [1.82, 2.24) is 5.32 Å². The first-order valence-electron chi connectivity index (χ1n) is 7.52. The zero-order valence-corrected chi connectivity index (χ0v) is 13.6. The third-order valence-electron chi connectivity index (χ3n) is 3.86. The molecule has 3 heteroatoms. The molecule has 0 aliphatic carbocycles. The molecule has 0 aromatic heterocycles. The van der Waals surface area contributed by atoms with E-state index in [1.807, 2.05) is 38.1 Å². The molecule has 116 valence electrons. The van der Waals surface area contributed by atoms with Gasteiger partial charge in [-0.2, -0.15) is 0 Å². The van der Waals surface area contributed by atoms with E-state index in [2.05, 4.69) is 37.4 Å². The van der Waals surface area contributed by atoms with E-state index in [1.54, 1.807) is 0 Å². The van der Waals surface area contributed by atoms with Gasteiger partial charge in [0.1, 0.15) is 5.75 Å². The molecule has 3 nitrogen and oxygen atoms in total. The molecular weight excluding hydrogens is 274 g/mol. The zero-order valence-electron chi connectivity index (χ0n) is 13.6. The summed E-state index contributed by atoms with van der Waals surface area (Å²) >= 11 is 0. The molecule has 0 saturated carbocycles. The van der Waals surface area contributed by atoms with Gasteiger partial charge in [-0.25, -0.2) is 0 Å². The summed E-state index contributed by atoms with van der Waals surface area (Å²) in [4.78, 5) is 12.0. The summed E-state index contributed by atoms with van der Waals surface area (Å²) < 4.78 is 5.57. The first-order valence-corrected chi connectivity index (χ1v) is 7.52. The van der Waals surface area contributed by atoms with E-state index in [0.717, 1.165) is 16.9 Å². The van der Waals surface area contributed by atoms with Crippen molar-refractivity contribution in [3.05, 3.63) is 64.7 Å². The predicted molar refractivity (Wildman–Crippen MR) is 89.1 cm³/mol. The largest absolute Gasteiger partial charge is 0.484 e. The second-order valence-corrected chi connectivity index (χ2v) is 5.69. The molecule has 1 unspecified atom stereocenters. The fourth-order valence-corrected chi connectivity index (χ4v) is 2.26. The molecular formula is C19H23NO2. The first kappa shape index (κ1) is 16.1. The number of amides is 1. The van der Waals surface area contributed by atoms with Crippen molar-refractivity contribution < 1.29 is 9.53 Å². The number of hydrogen-bond acceptors (Lipinski definition) is 2. The van der Waals surface area contributed by atoms with E-state index in [9.17, 15) is 4.79 Å². The minimum absolute atomic E-state index is 0.0278. The van der Waals surface area contributed by atoms with E-state index in [1.165, 1.54) is 11.1 Å². The van der Waals surface area contributed by atoms with Crippen molar-refractivity contribution in [2.45, 2.75) is 33.7 Å². The van der Waals surface area contributed by atoms with Crippen LogP contribution < -0.4 is 10.1 Å². The molecule has 0 spiro atoms. The van der Waals surface area contributed by atoms with Crippen LogP contribution in [0.2, 0.25) is 0 Å². The van der Waals surface area contributed by atoms with Crippen LogP contribution in [0, 0.1) is 20.8 Å². The van der Waals surface area contributed by atoms with Gasteiger partial charge < -0.3 is 10.1 Å². The molecule has 0 aliphatic rings. The maximum atomic E-state index is 12.0. The lowest BCUT2D eigenvalue weighted by Gasteiger charge is -2.16. The minimum atomic E-state index is -0.117. The molecule has 22 heavy (non-hydrogen) atoms. The molecule has 1 amide bonds. The van der Waals surface area contributed by atoms with Gasteiger partial charge in [-0.15, -0.1) is 0 Å². The second kappa shape index (κ2) is 7.12. The van der Waals surface area contributed by atoms with E-state index >= 15 is 0 Å². The Balaban J connectivity index is 1.91. The third kappa shape index (κ3) is 4.10. The van der Waals surface area contributed by atoms with Crippen molar-refractivity contribution in [2.75, 3.05) is 6.61 Å². The number of carbonyl (C=O) groups excluding carboxylic acids is 1. The summed E-state index contributed by atoms with van der Waals surface area (Å²) in [5.74, 6) is 0.630. The van der Waals surface area contributed by atoms with Crippen LogP contribution in [-0.4, -0.2) is 12.5 Å². The SMILES string of the molecule is Cc1ccc(C(C)NC(=O)COc2ccccc2C)cc1C. The second-order valence-electron chi connectivity index (χ2n) is 5.69. The number of nitrogens with one attached hydrogen (secondary N) is 1. The third-order valence-corrected chi connectivity index (χ3v) is 3.86. The van der Waals surface area contributed by atoms with Crippen molar-refractivity contribution in [3.8, 4) is 5.75 Å². The number of rotatable bonds is 5. The quantitative estimate of drug-likeness (QED) is 0.910. The maximum Gasteiger partial charge on any atom is 0.258 e. The number of aryl methyl sites for hydroxylation is 3. The number of ether oxygens (including phenoxy) is 1. The fraction of sp³-hybridized carbons (Fsp3) is 0.316. The van der Waals surface area contributed by atoms with Gasteiger partial charge in [0, 0.05) is 0 Å². The lowest BCUT2D eigenvalue weighted by molar-refractivity contribution is -0.123. The highest BCUT2D eigenvalue weighted by Crippen LogP contribution is 2.18. The topological polar surface area (TPSA) is 38.3 Å². The summed E-state index contributed by atoms with van der Waals surface area (Å²) in [7, 11) is 0. The van der Waals surface area contributed by atoms with Crippen LogP contribution in [0.5, 0.6) is 5.75 Å². The van der Waals surface area contributed by atoms with Crippen LogP contribution in [0.1, 0.15) is 35.2 Å². The molecule has 0 fully saturated rings. The predicted octanol–water partition coefficient (Wildman–Crippen LogP) is 3.87. The molecule has 1 atom stereocenters. The van der Waals surface area contributed by atoms with E-state index < -0.39 is 0 Å². The molecule has 0 saturated heterocycles. The van der Waals surface area contributed by atoms with E-state index in [4.69, 9.17) is 4.74 Å². The number of para-hydroxylation sites is 1. The Morgan fingerprint density at radius 2 is 1.77 bits per heavy atom. The Morgan fingerprint density at radius 3 is 2.45 bits per heavy atom. The summed E-state index contributed by atoms with van der Waals surface area (Å²) in [6, 6.07) is 13.9. The minimum Gasteiger partial charge on any atom is -0.484 e. The molecule has 0 radical (unpaired) electrons. The monoisotopic (exact) mass is 297 g/mol. The lowest BCUT2D eigenvalue weighted by Crippen LogP contribution is -2.31. The Kier molecular flexibility index (Phi) is 5.21. The average Bonchev–Trinajstić information content (AvgIpc) is 2.49. The molecule has 0 bridgehead atoms. The Bertz CT molecular complexity index is 664. The zero-order chi connectivity index (χ0) is 16.1. The Hall–Kier alpha value is -2.29. The number of benzene rings is 2. The van der Waals surface area contributed by atoms with Gasteiger partial charge >= 0.3 is 0 Å². The van der Waals surface area contributed by atoms with Crippen molar-refractivity contribution in [1.29, 1.82) is 0 Å². The van der Waals surface area contributed by atoms with Gasteiger partial charge in [-0.1, -0.05) is 36.4 Å². The van der Waals surface area contributed by atoms with Crippen LogP contribution in [-0.2, 0) is 4.79 Å².